The molecule has 13 heteroatoms. The lowest BCUT2D eigenvalue weighted by molar-refractivity contribution is 0.0187. The van der Waals surface area contributed by atoms with Gasteiger partial charge in [-0.3, -0.25) is 9.59 Å². The van der Waals surface area contributed by atoms with Crippen LogP contribution in [0.4, 0.5) is 10.5 Å². The predicted molar refractivity (Wildman–Crippen MR) is 176 cm³/mol. The van der Waals surface area contributed by atoms with Crippen molar-refractivity contribution in [2.24, 2.45) is 0 Å². The van der Waals surface area contributed by atoms with E-state index in [2.05, 4.69) is 15.6 Å². The third kappa shape index (κ3) is 7.00. The Hall–Kier alpha value is -4.75. The lowest BCUT2D eigenvalue weighted by atomic mass is 10.1. The summed E-state index contributed by atoms with van der Waals surface area (Å²) in [6, 6.07) is 17.6. The molecule has 1 atom stereocenters. The number of benzene rings is 3. The number of hydrogen-bond acceptors (Lipinski definition) is 9. The van der Waals surface area contributed by atoms with Gasteiger partial charge in [-0.2, -0.15) is 0 Å². The number of nitrogens with zero attached hydrogens (tertiary/aromatic N) is 2. The lowest BCUT2D eigenvalue weighted by Gasteiger charge is -2.28. The van der Waals surface area contributed by atoms with Crippen LogP contribution in [-0.2, 0) is 21.1 Å². The monoisotopic (exact) mass is 674 g/mol. The van der Waals surface area contributed by atoms with Crippen LogP contribution in [0.1, 0.15) is 59.2 Å². The summed E-state index contributed by atoms with van der Waals surface area (Å²) in [6.07, 6.45) is 3.14. The first kappa shape index (κ1) is 32.2. The van der Waals surface area contributed by atoms with E-state index in [9.17, 15) is 22.8 Å². The highest BCUT2D eigenvalue weighted by atomic mass is 32.2. The van der Waals surface area contributed by atoms with E-state index in [-0.39, 0.29) is 45.3 Å². The molecule has 0 unspecified atom stereocenters. The van der Waals surface area contributed by atoms with Crippen molar-refractivity contribution < 1.29 is 32.3 Å². The summed E-state index contributed by atoms with van der Waals surface area (Å²) in [7, 11) is -3.96. The summed E-state index contributed by atoms with van der Waals surface area (Å²) in [5.41, 5.74) is 0.645. The second kappa shape index (κ2) is 12.8. The van der Waals surface area contributed by atoms with Crippen molar-refractivity contribution in [3.8, 4) is 16.3 Å². The lowest BCUT2D eigenvalue weighted by Crippen LogP contribution is -2.42. The fraction of sp³-hybridized carbons (Fsp3) is 0.294. The van der Waals surface area contributed by atoms with Gasteiger partial charge in [0.25, 0.3) is 11.8 Å². The normalized spacial score (nSPS) is 16.8. The third-order valence-electron chi connectivity index (χ3n) is 7.73. The molecule has 2 aliphatic heterocycles. The van der Waals surface area contributed by atoms with Crippen molar-refractivity contribution >= 4 is 44.8 Å². The quantitative estimate of drug-likeness (QED) is 0.246. The van der Waals surface area contributed by atoms with E-state index in [4.69, 9.17) is 9.47 Å². The Balaban J connectivity index is 1.05. The molecule has 0 bridgehead atoms. The minimum absolute atomic E-state index is 0.0454. The Morgan fingerprint density at radius 3 is 2.60 bits per heavy atom. The van der Waals surface area contributed by atoms with E-state index in [1.54, 1.807) is 23.2 Å². The molecule has 1 fully saturated rings. The number of aromatic nitrogens is 1. The highest BCUT2D eigenvalue weighted by Gasteiger charge is 2.33. The zero-order chi connectivity index (χ0) is 33.3. The number of amides is 3. The average molecular weight is 675 g/mol. The van der Waals surface area contributed by atoms with Gasteiger partial charge < -0.3 is 25.0 Å². The van der Waals surface area contributed by atoms with E-state index in [1.807, 2.05) is 45.0 Å². The summed E-state index contributed by atoms with van der Waals surface area (Å²) in [5.74, 6) is -0.302. The van der Waals surface area contributed by atoms with Crippen molar-refractivity contribution in [3.05, 3.63) is 88.9 Å². The van der Waals surface area contributed by atoms with Crippen LogP contribution in [0.3, 0.4) is 0 Å². The number of ether oxygens (including phenoxy) is 2. The minimum atomic E-state index is -3.96. The maximum absolute atomic E-state index is 13.2. The SMILES string of the molecule is CC(C)(C)OC(=O)N1CCC[C@@H]1COc1ccc(-c2ncc(CNC(=O)c3ccc4c(c3)NC(=O)c3ccccc3S4(=O)=O)s2)cc1. The van der Waals surface area contributed by atoms with E-state index < -0.39 is 27.3 Å². The van der Waals surface area contributed by atoms with Crippen molar-refractivity contribution in [1.82, 2.24) is 15.2 Å². The number of sulfone groups is 1. The fourth-order valence-electron chi connectivity index (χ4n) is 5.45. The second-order valence-corrected chi connectivity index (χ2v) is 15.3. The minimum Gasteiger partial charge on any atom is -0.491 e. The highest BCUT2D eigenvalue weighted by Crippen LogP contribution is 2.34. The van der Waals surface area contributed by atoms with Crippen molar-refractivity contribution in [1.29, 1.82) is 0 Å². The van der Waals surface area contributed by atoms with Gasteiger partial charge in [0.1, 0.15) is 23.0 Å². The van der Waals surface area contributed by atoms with Crippen LogP contribution in [0.5, 0.6) is 5.75 Å². The number of carbonyl (C=O) groups is 3. The molecule has 0 spiro atoms. The Morgan fingerprint density at radius 1 is 1.06 bits per heavy atom. The Labute approximate surface area is 276 Å². The summed E-state index contributed by atoms with van der Waals surface area (Å²) >= 11 is 1.43. The van der Waals surface area contributed by atoms with Gasteiger partial charge in [-0.1, -0.05) is 12.1 Å². The first-order chi connectivity index (χ1) is 22.4. The van der Waals surface area contributed by atoms with Crippen molar-refractivity contribution in [3.63, 3.8) is 0 Å². The summed E-state index contributed by atoms with van der Waals surface area (Å²) in [6.45, 7) is 6.80. The number of rotatable bonds is 7. The molecule has 3 aromatic carbocycles. The molecular weight excluding hydrogens is 641 g/mol. The molecule has 244 valence electrons. The zero-order valence-corrected chi connectivity index (χ0v) is 27.7. The maximum atomic E-state index is 13.2. The van der Waals surface area contributed by atoms with Crippen LogP contribution in [-0.4, -0.2) is 61.0 Å². The van der Waals surface area contributed by atoms with Crippen molar-refractivity contribution in [2.75, 3.05) is 18.5 Å². The number of thiazole rings is 1. The molecule has 11 nitrogen and oxygen atoms in total. The Bertz CT molecular complexity index is 1950. The molecule has 2 aliphatic rings. The standard InChI is InChI=1S/C34H34N4O7S2/c1-34(2,3)45-33(41)38-16-6-7-23(38)20-44-24-13-10-21(11-14-24)32-36-19-25(46-32)18-35-30(39)22-12-15-29-27(17-22)37-31(40)26-8-4-5-9-28(26)47(29,42)43/h4-5,8-15,17,19,23H,6-7,16,18,20H2,1-3H3,(H,35,39)(H,37,40)/t23-/m1/s1. The second-order valence-electron chi connectivity index (χ2n) is 12.3. The predicted octanol–water partition coefficient (Wildman–Crippen LogP) is 5.92. The van der Waals surface area contributed by atoms with Crippen molar-refractivity contribution in [2.45, 2.75) is 61.6 Å². The number of fused-ring (bicyclic) bond motifs is 2. The number of anilines is 1. The number of carbonyl (C=O) groups excluding carboxylic acids is 3. The average Bonchev–Trinajstić information content (AvgIpc) is 3.70. The van der Waals surface area contributed by atoms with Gasteiger partial charge in [0.15, 0.2) is 0 Å². The first-order valence-electron chi connectivity index (χ1n) is 15.1. The smallest absolute Gasteiger partial charge is 0.410 e. The van der Waals surface area contributed by atoms with Gasteiger partial charge in [-0.25, -0.2) is 18.2 Å². The van der Waals surface area contributed by atoms with Gasteiger partial charge in [-0.05, 0) is 88.2 Å². The molecule has 0 saturated carbocycles. The molecule has 3 amide bonds. The molecule has 3 heterocycles. The third-order valence-corrected chi connectivity index (χ3v) is 10.6. The largest absolute Gasteiger partial charge is 0.491 e. The molecular formula is C34H34N4O7S2. The molecule has 1 aromatic heterocycles. The van der Waals surface area contributed by atoms with Gasteiger partial charge in [0.05, 0.1) is 33.6 Å². The molecule has 47 heavy (non-hydrogen) atoms. The van der Waals surface area contributed by atoms with Gasteiger partial charge in [0, 0.05) is 28.7 Å². The highest BCUT2D eigenvalue weighted by molar-refractivity contribution is 7.91. The summed E-state index contributed by atoms with van der Waals surface area (Å²) in [4.78, 5) is 45.2. The van der Waals surface area contributed by atoms with Crippen LogP contribution in [0.15, 0.2) is 82.7 Å². The van der Waals surface area contributed by atoms with Gasteiger partial charge in [0.2, 0.25) is 9.84 Å². The number of hydrogen-bond donors (Lipinski definition) is 2. The first-order valence-corrected chi connectivity index (χ1v) is 17.4. The zero-order valence-electron chi connectivity index (χ0n) is 26.1. The topological polar surface area (TPSA) is 144 Å². The molecule has 6 rings (SSSR count). The Morgan fingerprint density at radius 2 is 1.83 bits per heavy atom. The fourth-order valence-corrected chi connectivity index (χ4v) is 7.90. The molecule has 2 N–H and O–H groups in total. The molecule has 1 saturated heterocycles. The maximum Gasteiger partial charge on any atom is 0.410 e. The van der Waals surface area contributed by atoms with Crippen LogP contribution < -0.4 is 15.4 Å². The summed E-state index contributed by atoms with van der Waals surface area (Å²) in [5, 5.41) is 6.24. The summed E-state index contributed by atoms with van der Waals surface area (Å²) < 4.78 is 38.0. The van der Waals surface area contributed by atoms with Gasteiger partial charge >= 0.3 is 6.09 Å². The number of nitrogens with one attached hydrogen (secondary N) is 2. The van der Waals surface area contributed by atoms with E-state index in [0.29, 0.717) is 18.9 Å². The van der Waals surface area contributed by atoms with Crippen LogP contribution in [0, 0.1) is 0 Å². The molecule has 0 aliphatic carbocycles. The van der Waals surface area contributed by atoms with E-state index >= 15 is 0 Å². The van der Waals surface area contributed by atoms with E-state index in [0.717, 1.165) is 28.3 Å². The van der Waals surface area contributed by atoms with Gasteiger partial charge in [-0.15, -0.1) is 11.3 Å². The van der Waals surface area contributed by atoms with E-state index in [1.165, 1.54) is 41.7 Å². The van der Waals surface area contributed by atoms with Crippen LogP contribution in [0.2, 0.25) is 0 Å². The number of likely N-dealkylation sites (tertiary alicyclic amines) is 1. The van der Waals surface area contributed by atoms with Crippen LogP contribution >= 0.6 is 11.3 Å². The Kier molecular flexibility index (Phi) is 8.77. The molecule has 4 aromatic rings. The van der Waals surface area contributed by atoms with Crippen LogP contribution in [0.25, 0.3) is 10.6 Å². The molecule has 0 radical (unpaired) electrons.